The molecule has 1 fully saturated rings. The number of nitriles is 1. The summed E-state index contributed by atoms with van der Waals surface area (Å²) in [4.78, 5) is 2.39. The summed E-state index contributed by atoms with van der Waals surface area (Å²) in [6, 6.07) is 7.74. The predicted octanol–water partition coefficient (Wildman–Crippen LogP) is 2.16. The minimum atomic E-state index is 0.270. The minimum Gasteiger partial charge on any atom is -0.496 e. The van der Waals surface area contributed by atoms with Gasteiger partial charge in [0.05, 0.1) is 18.7 Å². The van der Waals surface area contributed by atoms with Crippen molar-refractivity contribution in [2.24, 2.45) is 5.92 Å². The second kappa shape index (κ2) is 7.28. The van der Waals surface area contributed by atoms with E-state index in [1.54, 1.807) is 13.2 Å². The highest BCUT2D eigenvalue weighted by molar-refractivity contribution is 5.42. The van der Waals surface area contributed by atoms with Crippen LogP contribution in [-0.4, -0.2) is 36.8 Å². The first kappa shape index (κ1) is 14.8. The number of benzene rings is 1. The average Bonchev–Trinajstić information content (AvgIpc) is 2.48. The highest BCUT2D eigenvalue weighted by Crippen LogP contribution is 2.25. The number of aliphatic hydroxyl groups excluding tert-OH is 1. The molecule has 1 saturated heterocycles. The summed E-state index contributed by atoms with van der Waals surface area (Å²) < 4.78 is 5.38. The molecule has 4 nitrogen and oxygen atoms in total. The molecule has 1 unspecified atom stereocenters. The fraction of sp³-hybridized carbons (Fsp3) is 0.562. The zero-order valence-electron chi connectivity index (χ0n) is 12.0. The van der Waals surface area contributed by atoms with E-state index >= 15 is 0 Å². The van der Waals surface area contributed by atoms with E-state index in [1.165, 1.54) is 12.8 Å². The number of likely N-dealkylation sites (tertiary alicyclic amines) is 1. The van der Waals surface area contributed by atoms with Crippen LogP contribution in [0.1, 0.15) is 30.4 Å². The Morgan fingerprint density at radius 1 is 1.50 bits per heavy atom. The molecular weight excluding hydrogens is 252 g/mol. The fourth-order valence-electron chi connectivity index (χ4n) is 2.93. The van der Waals surface area contributed by atoms with E-state index in [4.69, 9.17) is 15.1 Å². The maximum atomic E-state index is 9.07. The van der Waals surface area contributed by atoms with Crippen LogP contribution in [0.25, 0.3) is 0 Å². The van der Waals surface area contributed by atoms with Crippen molar-refractivity contribution in [1.82, 2.24) is 4.90 Å². The number of hydrogen-bond acceptors (Lipinski definition) is 4. The van der Waals surface area contributed by atoms with Gasteiger partial charge < -0.3 is 9.84 Å². The molecule has 0 bridgehead atoms. The van der Waals surface area contributed by atoms with E-state index in [0.717, 1.165) is 37.4 Å². The van der Waals surface area contributed by atoms with Gasteiger partial charge in [-0.3, -0.25) is 4.90 Å². The summed E-state index contributed by atoms with van der Waals surface area (Å²) in [6.07, 6.45) is 3.25. The van der Waals surface area contributed by atoms with Crippen LogP contribution in [0.4, 0.5) is 0 Å². The van der Waals surface area contributed by atoms with Gasteiger partial charge in [0.15, 0.2) is 0 Å². The maximum Gasteiger partial charge on any atom is 0.123 e. The van der Waals surface area contributed by atoms with Gasteiger partial charge in [0.2, 0.25) is 0 Å². The normalized spacial score (nSPS) is 19.6. The number of methoxy groups -OCH3 is 1. The van der Waals surface area contributed by atoms with Crippen LogP contribution in [0.15, 0.2) is 18.2 Å². The lowest BCUT2D eigenvalue weighted by Gasteiger charge is -2.32. The van der Waals surface area contributed by atoms with Gasteiger partial charge >= 0.3 is 0 Å². The zero-order chi connectivity index (χ0) is 14.4. The molecule has 0 spiro atoms. The first-order valence-electron chi connectivity index (χ1n) is 7.17. The largest absolute Gasteiger partial charge is 0.496 e. The Morgan fingerprint density at radius 2 is 2.35 bits per heavy atom. The lowest BCUT2D eigenvalue weighted by molar-refractivity contribution is 0.141. The zero-order valence-corrected chi connectivity index (χ0v) is 12.0. The molecule has 4 heteroatoms. The van der Waals surface area contributed by atoms with Crippen molar-refractivity contribution in [3.63, 3.8) is 0 Å². The van der Waals surface area contributed by atoms with Gasteiger partial charge in [0, 0.05) is 25.3 Å². The highest BCUT2D eigenvalue weighted by atomic mass is 16.5. The SMILES string of the molecule is COc1ccc(C#N)cc1CN1CCCC(CCO)C1. The number of aliphatic hydroxyl groups is 1. The lowest BCUT2D eigenvalue weighted by atomic mass is 9.94. The van der Waals surface area contributed by atoms with Crippen molar-refractivity contribution in [1.29, 1.82) is 5.26 Å². The number of rotatable bonds is 5. The fourth-order valence-corrected chi connectivity index (χ4v) is 2.93. The Hall–Kier alpha value is -1.57. The van der Waals surface area contributed by atoms with Gasteiger partial charge in [-0.15, -0.1) is 0 Å². The third-order valence-corrected chi connectivity index (χ3v) is 3.94. The number of nitrogens with zero attached hydrogens (tertiary/aromatic N) is 2. The molecule has 2 rings (SSSR count). The van der Waals surface area contributed by atoms with Crippen LogP contribution in [0.2, 0.25) is 0 Å². The molecule has 1 aromatic carbocycles. The first-order chi connectivity index (χ1) is 9.76. The van der Waals surface area contributed by atoms with Crippen LogP contribution in [0.5, 0.6) is 5.75 Å². The van der Waals surface area contributed by atoms with E-state index in [-0.39, 0.29) is 6.61 Å². The summed E-state index contributed by atoms with van der Waals surface area (Å²) in [5.74, 6) is 1.42. The molecular formula is C16H22N2O2. The van der Waals surface area contributed by atoms with E-state index in [9.17, 15) is 0 Å². The quantitative estimate of drug-likeness (QED) is 0.894. The predicted molar refractivity (Wildman–Crippen MR) is 77.4 cm³/mol. The minimum absolute atomic E-state index is 0.270. The summed E-state index contributed by atoms with van der Waals surface area (Å²) in [7, 11) is 1.66. The van der Waals surface area contributed by atoms with Crippen LogP contribution in [0, 0.1) is 17.2 Å². The molecule has 0 amide bonds. The third kappa shape index (κ3) is 3.72. The smallest absolute Gasteiger partial charge is 0.123 e. The summed E-state index contributed by atoms with van der Waals surface area (Å²) >= 11 is 0. The van der Waals surface area contributed by atoms with Crippen molar-refractivity contribution >= 4 is 0 Å². The van der Waals surface area contributed by atoms with Gasteiger partial charge in [0.1, 0.15) is 5.75 Å². The molecule has 1 N–H and O–H groups in total. The Balaban J connectivity index is 2.07. The van der Waals surface area contributed by atoms with Crippen LogP contribution >= 0.6 is 0 Å². The Morgan fingerprint density at radius 3 is 3.05 bits per heavy atom. The van der Waals surface area contributed by atoms with E-state index in [0.29, 0.717) is 11.5 Å². The molecule has 1 heterocycles. The molecule has 1 aliphatic heterocycles. The van der Waals surface area contributed by atoms with E-state index in [2.05, 4.69) is 11.0 Å². The molecule has 0 aromatic heterocycles. The van der Waals surface area contributed by atoms with Gasteiger partial charge in [-0.05, 0) is 49.9 Å². The molecule has 1 atom stereocenters. The first-order valence-corrected chi connectivity index (χ1v) is 7.17. The molecule has 20 heavy (non-hydrogen) atoms. The summed E-state index contributed by atoms with van der Waals surface area (Å²) in [5.41, 5.74) is 1.74. The van der Waals surface area contributed by atoms with Crippen molar-refractivity contribution in [3.05, 3.63) is 29.3 Å². The standard InChI is InChI=1S/C16H22N2O2/c1-20-16-5-4-14(10-17)9-15(16)12-18-7-2-3-13(11-18)6-8-19/h4-5,9,13,19H,2-3,6-8,11-12H2,1H3. The maximum absolute atomic E-state index is 9.07. The Bertz CT molecular complexity index is 480. The van der Waals surface area contributed by atoms with Crippen molar-refractivity contribution < 1.29 is 9.84 Å². The van der Waals surface area contributed by atoms with Crippen molar-refractivity contribution in [3.8, 4) is 11.8 Å². The van der Waals surface area contributed by atoms with Gasteiger partial charge in [-0.2, -0.15) is 5.26 Å². The molecule has 0 radical (unpaired) electrons. The average molecular weight is 274 g/mol. The lowest BCUT2D eigenvalue weighted by Crippen LogP contribution is -2.35. The third-order valence-electron chi connectivity index (χ3n) is 3.94. The molecule has 0 saturated carbocycles. The van der Waals surface area contributed by atoms with Gasteiger partial charge in [0.25, 0.3) is 0 Å². The van der Waals surface area contributed by atoms with Crippen molar-refractivity contribution in [2.45, 2.75) is 25.8 Å². The molecule has 1 aliphatic rings. The van der Waals surface area contributed by atoms with Crippen molar-refractivity contribution in [2.75, 3.05) is 26.8 Å². The summed E-state index contributed by atoms with van der Waals surface area (Å²) in [5, 5.41) is 18.1. The Kier molecular flexibility index (Phi) is 5.40. The second-order valence-electron chi connectivity index (χ2n) is 5.39. The van der Waals surface area contributed by atoms with Crippen LogP contribution < -0.4 is 4.74 Å². The number of hydrogen-bond donors (Lipinski definition) is 1. The van der Waals surface area contributed by atoms with Gasteiger partial charge in [-0.1, -0.05) is 0 Å². The number of ether oxygens (including phenoxy) is 1. The number of piperidine rings is 1. The molecule has 0 aliphatic carbocycles. The Labute approximate surface area is 120 Å². The van der Waals surface area contributed by atoms with Gasteiger partial charge in [-0.25, -0.2) is 0 Å². The van der Waals surface area contributed by atoms with Crippen LogP contribution in [0.3, 0.4) is 0 Å². The monoisotopic (exact) mass is 274 g/mol. The molecule has 108 valence electrons. The van der Waals surface area contributed by atoms with Crippen LogP contribution in [-0.2, 0) is 6.54 Å². The molecule has 1 aromatic rings. The van der Waals surface area contributed by atoms with E-state index in [1.807, 2.05) is 12.1 Å². The second-order valence-corrected chi connectivity index (χ2v) is 5.39. The summed E-state index contributed by atoms with van der Waals surface area (Å²) in [6.45, 7) is 3.16. The topological polar surface area (TPSA) is 56.5 Å². The highest BCUT2D eigenvalue weighted by Gasteiger charge is 2.20. The van der Waals surface area contributed by atoms with E-state index < -0.39 is 0 Å².